The number of fused-ring (bicyclic) bond motifs is 1. The highest BCUT2D eigenvalue weighted by atomic mass is 16.6. The maximum atomic E-state index is 11.5. The molecule has 0 radical (unpaired) electrons. The first kappa shape index (κ1) is 17.7. The number of allylic oxidation sites excluding steroid dienone is 2. The Labute approximate surface area is 148 Å². The highest BCUT2D eigenvalue weighted by molar-refractivity contribution is 5.75. The zero-order valence-corrected chi connectivity index (χ0v) is 15.2. The van der Waals surface area contributed by atoms with Crippen molar-refractivity contribution >= 4 is 11.9 Å². The molecule has 3 rings (SSSR count). The molecule has 1 aliphatic heterocycles. The zero-order chi connectivity index (χ0) is 18.2. The lowest BCUT2D eigenvalue weighted by atomic mass is 9.88. The number of carbonyl (C=O) groups excluding carboxylic acids is 2. The molecule has 2 aliphatic rings. The average Bonchev–Trinajstić information content (AvgIpc) is 3.13. The van der Waals surface area contributed by atoms with Gasteiger partial charge in [-0.25, -0.2) is 0 Å². The number of carbonyl (C=O) groups is 2. The fourth-order valence-electron chi connectivity index (χ4n) is 3.34. The molecule has 134 valence electrons. The maximum absolute atomic E-state index is 11.5. The topological polar surface area (TPSA) is 65.1 Å². The van der Waals surface area contributed by atoms with Crippen molar-refractivity contribution in [3.63, 3.8) is 0 Å². The summed E-state index contributed by atoms with van der Waals surface area (Å²) in [5.41, 5.74) is 3.42. The quantitative estimate of drug-likeness (QED) is 0.354. The van der Waals surface area contributed by atoms with Crippen LogP contribution in [0, 0.1) is 0 Å². The number of hydrogen-bond donors (Lipinski definition) is 0. The molecular weight excluding hydrogens is 320 g/mol. The maximum Gasteiger partial charge on any atom is 0.308 e. The molecule has 0 spiro atoms. The van der Waals surface area contributed by atoms with Gasteiger partial charge in [-0.3, -0.25) is 9.59 Å². The van der Waals surface area contributed by atoms with Crippen molar-refractivity contribution in [1.82, 2.24) is 0 Å². The molecule has 1 aliphatic carbocycles. The van der Waals surface area contributed by atoms with Gasteiger partial charge in [0, 0.05) is 19.4 Å². The predicted molar refractivity (Wildman–Crippen MR) is 92.7 cm³/mol. The molecule has 1 heterocycles. The molecule has 0 N–H and O–H groups in total. The molecule has 1 fully saturated rings. The van der Waals surface area contributed by atoms with Gasteiger partial charge in [0.15, 0.2) is 11.5 Å². The summed E-state index contributed by atoms with van der Waals surface area (Å²) in [4.78, 5) is 22.7. The van der Waals surface area contributed by atoms with Crippen LogP contribution in [0.2, 0.25) is 0 Å². The van der Waals surface area contributed by atoms with Crippen LogP contribution < -0.4 is 9.47 Å². The van der Waals surface area contributed by atoms with Crippen LogP contribution in [0.1, 0.15) is 51.7 Å². The van der Waals surface area contributed by atoms with Crippen LogP contribution in [0.3, 0.4) is 0 Å². The van der Waals surface area contributed by atoms with E-state index in [2.05, 4.69) is 19.9 Å². The number of esters is 2. The van der Waals surface area contributed by atoms with Crippen LogP contribution in [0.4, 0.5) is 0 Å². The third-order valence-corrected chi connectivity index (χ3v) is 4.73. The van der Waals surface area contributed by atoms with Gasteiger partial charge >= 0.3 is 11.9 Å². The Kier molecular flexibility index (Phi) is 4.69. The van der Waals surface area contributed by atoms with E-state index in [1.807, 2.05) is 6.07 Å². The standard InChI is InChI=1S/C20H24O5/c1-12(21)23-17-9-7-15-11-14(6-10-18-20(3,4)25-18)5-8-16(15)19(17)24-13(2)22/h5,7,9,18H,6,8,10-11H2,1-4H3. The largest absolute Gasteiger partial charge is 0.423 e. The first-order chi connectivity index (χ1) is 11.8. The number of rotatable bonds is 5. The van der Waals surface area contributed by atoms with Crippen LogP contribution in [-0.4, -0.2) is 23.6 Å². The minimum Gasteiger partial charge on any atom is -0.423 e. The highest BCUT2D eigenvalue weighted by Gasteiger charge is 2.46. The average molecular weight is 344 g/mol. The van der Waals surface area contributed by atoms with Crippen molar-refractivity contribution in [2.75, 3.05) is 0 Å². The van der Waals surface area contributed by atoms with Crippen LogP contribution in [0.5, 0.6) is 11.5 Å². The summed E-state index contributed by atoms with van der Waals surface area (Å²) in [6.07, 6.45) is 6.03. The van der Waals surface area contributed by atoms with E-state index in [0.717, 1.165) is 30.4 Å². The first-order valence-electron chi connectivity index (χ1n) is 8.63. The second-order valence-corrected chi connectivity index (χ2v) is 7.21. The first-order valence-corrected chi connectivity index (χ1v) is 8.63. The molecule has 5 nitrogen and oxygen atoms in total. The predicted octanol–water partition coefficient (Wildman–Crippen LogP) is 3.52. The van der Waals surface area contributed by atoms with Crippen molar-refractivity contribution in [3.05, 3.63) is 34.9 Å². The molecule has 0 bridgehead atoms. The van der Waals surface area contributed by atoms with Crippen molar-refractivity contribution in [1.29, 1.82) is 0 Å². The Balaban J connectivity index is 1.76. The Bertz CT molecular complexity index is 745. The van der Waals surface area contributed by atoms with E-state index in [0.29, 0.717) is 24.0 Å². The fourth-order valence-corrected chi connectivity index (χ4v) is 3.34. The summed E-state index contributed by atoms with van der Waals surface area (Å²) in [5.74, 6) is -0.203. The van der Waals surface area contributed by atoms with Gasteiger partial charge in [-0.2, -0.15) is 0 Å². The molecule has 0 aromatic heterocycles. The van der Waals surface area contributed by atoms with E-state index in [1.54, 1.807) is 6.07 Å². The molecule has 25 heavy (non-hydrogen) atoms. The normalized spacial score (nSPS) is 20.3. The SMILES string of the molecule is CC(=O)Oc1ccc2c(c1OC(C)=O)CC=C(CCC1OC1(C)C)C2. The third kappa shape index (κ3) is 4.10. The van der Waals surface area contributed by atoms with E-state index >= 15 is 0 Å². The molecule has 0 saturated carbocycles. The van der Waals surface area contributed by atoms with E-state index in [9.17, 15) is 9.59 Å². The lowest BCUT2D eigenvalue weighted by Gasteiger charge is -2.21. The zero-order valence-electron chi connectivity index (χ0n) is 15.2. The summed E-state index contributed by atoms with van der Waals surface area (Å²) in [5, 5.41) is 0. The van der Waals surface area contributed by atoms with Gasteiger partial charge in [-0.1, -0.05) is 17.7 Å². The summed E-state index contributed by atoms with van der Waals surface area (Å²) in [6.45, 7) is 6.91. The summed E-state index contributed by atoms with van der Waals surface area (Å²) in [6, 6.07) is 3.65. The lowest BCUT2D eigenvalue weighted by Crippen LogP contribution is -2.13. The molecule has 0 amide bonds. The smallest absolute Gasteiger partial charge is 0.308 e. The van der Waals surface area contributed by atoms with Crippen molar-refractivity contribution in [2.24, 2.45) is 0 Å². The van der Waals surface area contributed by atoms with Crippen LogP contribution in [0.25, 0.3) is 0 Å². The number of benzene rings is 1. The van der Waals surface area contributed by atoms with Crippen LogP contribution in [-0.2, 0) is 27.2 Å². The van der Waals surface area contributed by atoms with E-state index < -0.39 is 11.9 Å². The molecule has 5 heteroatoms. The second-order valence-electron chi connectivity index (χ2n) is 7.21. The monoisotopic (exact) mass is 344 g/mol. The van der Waals surface area contributed by atoms with Gasteiger partial charge < -0.3 is 14.2 Å². The van der Waals surface area contributed by atoms with Gasteiger partial charge in [0.05, 0.1) is 11.7 Å². The van der Waals surface area contributed by atoms with Gasteiger partial charge in [-0.05, 0) is 51.2 Å². The number of hydrogen-bond acceptors (Lipinski definition) is 5. The van der Waals surface area contributed by atoms with E-state index in [-0.39, 0.29) is 5.60 Å². The Morgan fingerprint density at radius 1 is 1.20 bits per heavy atom. The van der Waals surface area contributed by atoms with Gasteiger partial charge in [-0.15, -0.1) is 0 Å². The van der Waals surface area contributed by atoms with E-state index in [4.69, 9.17) is 14.2 Å². The number of ether oxygens (including phenoxy) is 3. The molecule has 1 saturated heterocycles. The Morgan fingerprint density at radius 2 is 1.88 bits per heavy atom. The molecule has 1 aromatic rings. The summed E-state index contributed by atoms with van der Waals surface area (Å²) in [7, 11) is 0. The van der Waals surface area contributed by atoms with Crippen molar-refractivity contribution in [2.45, 2.75) is 65.1 Å². The van der Waals surface area contributed by atoms with Gasteiger partial charge in [0.25, 0.3) is 0 Å². The molecule has 1 atom stereocenters. The highest BCUT2D eigenvalue weighted by Crippen LogP contribution is 2.41. The second kappa shape index (κ2) is 6.64. The van der Waals surface area contributed by atoms with Gasteiger partial charge in [0.2, 0.25) is 0 Å². The Hall–Kier alpha value is -2.14. The number of epoxide rings is 1. The summed E-state index contributed by atoms with van der Waals surface area (Å²) >= 11 is 0. The lowest BCUT2D eigenvalue weighted by molar-refractivity contribution is -0.134. The third-order valence-electron chi connectivity index (χ3n) is 4.73. The van der Waals surface area contributed by atoms with Crippen LogP contribution in [0.15, 0.2) is 23.8 Å². The molecular formula is C20H24O5. The molecule has 1 unspecified atom stereocenters. The minimum atomic E-state index is -0.438. The van der Waals surface area contributed by atoms with Crippen molar-refractivity contribution < 1.29 is 23.8 Å². The van der Waals surface area contributed by atoms with E-state index in [1.165, 1.54) is 19.4 Å². The minimum absolute atomic E-state index is 0.0224. The fraction of sp³-hybridized carbons (Fsp3) is 0.500. The molecule has 1 aromatic carbocycles. The summed E-state index contributed by atoms with van der Waals surface area (Å²) < 4.78 is 16.2. The van der Waals surface area contributed by atoms with Crippen LogP contribution >= 0.6 is 0 Å². The van der Waals surface area contributed by atoms with Crippen molar-refractivity contribution in [3.8, 4) is 11.5 Å². The Morgan fingerprint density at radius 3 is 2.48 bits per heavy atom. The van der Waals surface area contributed by atoms with Gasteiger partial charge in [0.1, 0.15) is 0 Å².